The lowest BCUT2D eigenvalue weighted by Crippen LogP contribution is -2.43. The summed E-state index contributed by atoms with van der Waals surface area (Å²) < 4.78 is 50.7. The van der Waals surface area contributed by atoms with Crippen LogP contribution in [0.3, 0.4) is 0 Å². The molecule has 0 aromatic heterocycles. The third-order valence-corrected chi connectivity index (χ3v) is 28.6. The van der Waals surface area contributed by atoms with E-state index in [0.717, 1.165) is 168 Å². The van der Waals surface area contributed by atoms with Gasteiger partial charge in [-0.05, 0) is 247 Å². The van der Waals surface area contributed by atoms with Gasteiger partial charge in [0.15, 0.2) is 12.6 Å². The summed E-state index contributed by atoms with van der Waals surface area (Å²) in [6, 6.07) is 0. The van der Waals surface area contributed by atoms with Gasteiger partial charge < -0.3 is 66.9 Å². The molecule has 18 heteroatoms. The van der Waals surface area contributed by atoms with Crippen LogP contribution in [0.5, 0.6) is 0 Å². The van der Waals surface area contributed by atoms with Crippen molar-refractivity contribution < 1.29 is 66.7 Å². The molecule has 0 rings (SSSR count). The average Bonchev–Trinajstić information content (AvgIpc) is 0.853. The summed E-state index contributed by atoms with van der Waals surface area (Å²) >= 11 is 0. The molecular formula is C112H222N2O14Si2. The topological polar surface area (TPSA) is 195 Å². The third kappa shape index (κ3) is 94.8. The molecule has 772 valence electrons. The first-order valence-electron chi connectivity index (χ1n) is 55.9. The van der Waals surface area contributed by atoms with E-state index in [1.54, 1.807) is 0 Å². The van der Waals surface area contributed by atoms with Gasteiger partial charge in [-0.25, -0.2) is 0 Å². The number of nitrogens with zero attached hydrogens (tertiary/aromatic N) is 2. The Balaban J connectivity index is 0. The highest BCUT2D eigenvalue weighted by Gasteiger charge is 2.39. The second-order valence-corrected chi connectivity index (χ2v) is 47.0. The van der Waals surface area contributed by atoms with Crippen molar-refractivity contribution in [2.24, 2.45) is 10.8 Å². The van der Waals surface area contributed by atoms with Crippen LogP contribution in [-0.4, -0.2) is 177 Å². The van der Waals surface area contributed by atoms with Crippen molar-refractivity contribution in [2.75, 3.05) is 105 Å². The third-order valence-electron chi connectivity index (χ3n) is 25.2. The van der Waals surface area contributed by atoms with E-state index >= 15 is 0 Å². The Labute approximate surface area is 809 Å². The van der Waals surface area contributed by atoms with Gasteiger partial charge in [-0.15, -0.1) is 0 Å². The number of esters is 2. The fraction of sp³-hybridized carbons (Fsp3) is 0.911. The van der Waals surface area contributed by atoms with E-state index in [0.29, 0.717) is 52.5 Å². The quantitative estimate of drug-likeness (QED) is 0.0147. The Kier molecular flexibility index (Phi) is 99.8. The Morgan fingerprint density at radius 3 is 0.662 bits per heavy atom. The molecule has 0 aromatic carbocycles. The first-order chi connectivity index (χ1) is 63.2. The summed E-state index contributed by atoms with van der Waals surface area (Å²) in [4.78, 5) is 31.5. The lowest BCUT2D eigenvalue weighted by molar-refractivity contribution is -0.165. The van der Waals surface area contributed by atoms with Crippen LogP contribution in [-0.2, 0) is 46.2 Å². The maximum Gasteiger partial charge on any atom is 0.333 e. The fourth-order valence-corrected chi connectivity index (χ4v) is 19.6. The van der Waals surface area contributed by atoms with Crippen molar-refractivity contribution in [3.63, 3.8) is 0 Å². The molecule has 0 aliphatic heterocycles. The van der Waals surface area contributed by atoms with E-state index in [9.17, 15) is 30.0 Å². The van der Waals surface area contributed by atoms with Crippen molar-refractivity contribution in [3.8, 4) is 0 Å². The van der Waals surface area contributed by atoms with E-state index in [-0.39, 0.29) is 38.4 Å². The van der Waals surface area contributed by atoms with E-state index in [1.807, 2.05) is 27.7 Å². The highest BCUT2D eigenvalue weighted by atomic mass is 28.4. The van der Waals surface area contributed by atoms with Gasteiger partial charge in [0.05, 0.1) is 24.0 Å². The minimum Gasteiger partial charge on any atom is -0.465 e. The Bertz CT molecular complexity index is 2250. The number of allylic oxidation sites excluding steroid dienone is 8. The number of hydrogen-bond donors (Lipinski definition) is 4. The van der Waals surface area contributed by atoms with Crippen LogP contribution in [0.15, 0.2) is 48.6 Å². The van der Waals surface area contributed by atoms with E-state index in [1.165, 1.54) is 308 Å². The zero-order chi connectivity index (χ0) is 95.6. The van der Waals surface area contributed by atoms with Crippen molar-refractivity contribution >= 4 is 29.1 Å². The van der Waals surface area contributed by atoms with Crippen LogP contribution in [0.1, 0.15) is 505 Å². The number of unbranched alkanes of at least 4 members (excludes halogenated alkanes) is 54. The molecule has 2 atom stereocenters. The normalized spacial score (nSPS) is 13.0. The molecule has 16 nitrogen and oxygen atoms in total. The maximum atomic E-state index is 13.4. The molecule has 0 saturated heterocycles. The molecule has 0 spiro atoms. The summed E-state index contributed by atoms with van der Waals surface area (Å²) in [6.45, 7) is 35.1. The second kappa shape index (κ2) is 99.9. The predicted octanol–water partition coefficient (Wildman–Crippen LogP) is 31.5. The Morgan fingerprint density at radius 1 is 0.254 bits per heavy atom. The number of hydrogen-bond acceptors (Lipinski definition) is 16. The van der Waals surface area contributed by atoms with Crippen molar-refractivity contribution in [1.82, 2.24) is 9.80 Å². The molecule has 4 N–H and O–H groups in total. The number of carbonyl (C=O) groups excluding carboxylic acids is 2. The number of aliphatic hydroxyl groups is 4. The van der Waals surface area contributed by atoms with Crippen LogP contribution < -0.4 is 0 Å². The predicted molar refractivity (Wildman–Crippen MR) is 562 cm³/mol. The molecule has 0 aliphatic carbocycles. The molecule has 0 fully saturated rings. The molecular weight excluding hydrogens is 1650 g/mol. The molecule has 0 saturated carbocycles. The van der Waals surface area contributed by atoms with E-state index < -0.39 is 40.5 Å². The first-order valence-corrected chi connectivity index (χ1v) is 61.6. The Morgan fingerprint density at radius 2 is 0.438 bits per heavy atom. The van der Waals surface area contributed by atoms with Crippen molar-refractivity contribution in [2.45, 2.75) is 544 Å². The number of rotatable bonds is 104. The van der Waals surface area contributed by atoms with Gasteiger partial charge in [-0.3, -0.25) is 9.59 Å². The SMILES string of the molecule is CCCCCCCC/C=C\CCCCCCCCOC(=O)C(C)(C)CC(OCCCCCCCC/C=C\CCCCCCCC)O[Si](C)(C)OCCCCCCN(CCCO)CCCO.CCCCCCCC/C=C\CCCCCCCCOC(=O)C(C)(C)CC(OCCCCCCCC/C=C\CCCCCCCC)O[Si](C)(C)OCCCCCCN(CCCO)CCCO. The molecule has 0 aromatic rings. The second-order valence-electron chi connectivity index (χ2n) is 40.4. The monoisotopic (exact) mass is 1880 g/mol. The number of aliphatic hydroxyl groups excluding tert-OH is 4. The van der Waals surface area contributed by atoms with Gasteiger partial charge in [0.25, 0.3) is 0 Å². The van der Waals surface area contributed by atoms with Crippen LogP contribution in [0.4, 0.5) is 0 Å². The standard InChI is InChI=1S/2C56H111NO7Si/c2*1-7-9-11-13-15-17-19-21-23-25-27-29-31-33-36-40-50-61-54(64-65(5,6)63-52-42-38-35-39-45-57(46-43-48-58)47-44-49-59)53-56(3,4)55(60)62-51-41-37-34-32-30-28-26-24-22-20-18-16-14-12-10-8-2/h2*21-24,54,58-59H,7-20,25-53H2,1-6H3/b2*23-21-,24-22-. The van der Waals surface area contributed by atoms with Crippen LogP contribution >= 0.6 is 0 Å². The van der Waals surface area contributed by atoms with Gasteiger partial charge >= 0.3 is 29.1 Å². The zero-order valence-corrected chi connectivity index (χ0v) is 90.4. The average molecular weight is 1880 g/mol. The molecule has 0 radical (unpaired) electrons. The Hall–Kier alpha value is -2.15. The summed E-state index contributed by atoms with van der Waals surface area (Å²) in [6.07, 6.45) is 101. The van der Waals surface area contributed by atoms with E-state index in [2.05, 4.69) is 112 Å². The van der Waals surface area contributed by atoms with Crippen molar-refractivity contribution in [1.29, 1.82) is 0 Å². The molecule has 0 heterocycles. The highest BCUT2D eigenvalue weighted by molar-refractivity contribution is 6.64. The number of ether oxygens (including phenoxy) is 4. The molecule has 0 aliphatic rings. The van der Waals surface area contributed by atoms with Crippen LogP contribution in [0, 0.1) is 10.8 Å². The summed E-state index contributed by atoms with van der Waals surface area (Å²) in [5.74, 6) is -0.349. The summed E-state index contributed by atoms with van der Waals surface area (Å²) in [5, 5.41) is 36.9. The van der Waals surface area contributed by atoms with Crippen molar-refractivity contribution in [3.05, 3.63) is 48.6 Å². The van der Waals surface area contributed by atoms with Gasteiger partial charge in [-0.1, -0.05) is 333 Å². The van der Waals surface area contributed by atoms with Gasteiger partial charge in [0, 0.05) is 91.9 Å². The minimum absolute atomic E-state index is 0.175. The molecule has 130 heavy (non-hydrogen) atoms. The van der Waals surface area contributed by atoms with E-state index in [4.69, 9.17) is 36.7 Å². The summed E-state index contributed by atoms with van der Waals surface area (Å²) in [7, 11) is -5.08. The zero-order valence-electron chi connectivity index (χ0n) is 88.4. The first kappa shape index (κ1) is 130. The molecule has 2 unspecified atom stereocenters. The van der Waals surface area contributed by atoms with Gasteiger partial charge in [0.1, 0.15) is 0 Å². The van der Waals surface area contributed by atoms with Gasteiger partial charge in [-0.2, -0.15) is 0 Å². The van der Waals surface area contributed by atoms with Gasteiger partial charge in [0.2, 0.25) is 0 Å². The largest absolute Gasteiger partial charge is 0.465 e. The molecule has 0 amide bonds. The highest BCUT2D eigenvalue weighted by Crippen LogP contribution is 2.32. The lowest BCUT2D eigenvalue weighted by Gasteiger charge is -2.33. The van der Waals surface area contributed by atoms with Crippen LogP contribution in [0.2, 0.25) is 26.2 Å². The minimum atomic E-state index is -2.54. The fourth-order valence-electron chi connectivity index (χ4n) is 16.6. The maximum absolute atomic E-state index is 13.4. The summed E-state index contributed by atoms with van der Waals surface area (Å²) in [5.41, 5.74) is -1.47. The van der Waals surface area contributed by atoms with Crippen LogP contribution in [0.25, 0.3) is 0 Å². The lowest BCUT2D eigenvalue weighted by atomic mass is 9.89. The smallest absolute Gasteiger partial charge is 0.333 e. The number of carbonyl (C=O) groups is 2. The molecule has 0 bridgehead atoms.